The lowest BCUT2D eigenvalue weighted by atomic mass is 9.89. The minimum absolute atomic E-state index is 0.310. The van der Waals surface area contributed by atoms with Crippen LogP contribution in [0.25, 0.3) is 0 Å². The molecule has 18 heavy (non-hydrogen) atoms. The molecular weight excluding hydrogens is 224 g/mol. The lowest BCUT2D eigenvalue weighted by molar-refractivity contribution is -0.0507. The van der Waals surface area contributed by atoms with Crippen LogP contribution in [0.3, 0.4) is 0 Å². The zero-order valence-corrected chi connectivity index (χ0v) is 12.0. The number of piperidine rings is 1. The van der Waals surface area contributed by atoms with Crippen LogP contribution in [0.2, 0.25) is 0 Å². The molecule has 3 unspecified atom stereocenters. The fourth-order valence-corrected chi connectivity index (χ4v) is 4.15. The van der Waals surface area contributed by atoms with E-state index in [4.69, 9.17) is 4.74 Å². The Labute approximate surface area is 111 Å². The van der Waals surface area contributed by atoms with E-state index in [1.807, 2.05) is 0 Å². The monoisotopic (exact) mass is 252 g/mol. The third-order valence-electron chi connectivity index (χ3n) is 5.41. The molecule has 3 atom stereocenters. The van der Waals surface area contributed by atoms with E-state index in [1.165, 1.54) is 51.7 Å². The number of hydrogen-bond acceptors (Lipinski definition) is 3. The van der Waals surface area contributed by atoms with Crippen LogP contribution in [0.5, 0.6) is 0 Å². The van der Waals surface area contributed by atoms with Gasteiger partial charge in [-0.2, -0.15) is 0 Å². The lowest BCUT2D eigenvalue weighted by Gasteiger charge is -2.53. The molecule has 3 saturated heterocycles. The molecule has 0 spiro atoms. The Morgan fingerprint density at radius 2 is 2.17 bits per heavy atom. The third kappa shape index (κ3) is 2.21. The van der Waals surface area contributed by atoms with E-state index in [9.17, 15) is 0 Å². The van der Waals surface area contributed by atoms with Gasteiger partial charge >= 0.3 is 0 Å². The highest BCUT2D eigenvalue weighted by molar-refractivity contribution is 4.99. The second kappa shape index (κ2) is 5.10. The molecule has 0 aromatic heterocycles. The summed E-state index contributed by atoms with van der Waals surface area (Å²) in [4.78, 5) is 5.56. The molecule has 0 N–H and O–H groups in total. The van der Waals surface area contributed by atoms with Crippen molar-refractivity contribution in [1.82, 2.24) is 9.80 Å². The largest absolute Gasteiger partial charge is 0.379 e. The minimum Gasteiger partial charge on any atom is -0.379 e. The molecule has 3 aliphatic rings. The van der Waals surface area contributed by atoms with Gasteiger partial charge in [0.1, 0.15) is 0 Å². The number of rotatable bonds is 2. The van der Waals surface area contributed by atoms with E-state index < -0.39 is 0 Å². The topological polar surface area (TPSA) is 15.7 Å². The van der Waals surface area contributed by atoms with Crippen LogP contribution < -0.4 is 0 Å². The third-order valence-corrected chi connectivity index (χ3v) is 5.41. The first kappa shape index (κ1) is 12.9. The molecule has 0 radical (unpaired) electrons. The summed E-state index contributed by atoms with van der Waals surface area (Å²) >= 11 is 0. The molecule has 3 fully saturated rings. The van der Waals surface area contributed by atoms with Gasteiger partial charge in [-0.05, 0) is 39.2 Å². The average molecular weight is 252 g/mol. The minimum atomic E-state index is 0.310. The van der Waals surface area contributed by atoms with Crippen LogP contribution >= 0.6 is 0 Å². The summed E-state index contributed by atoms with van der Waals surface area (Å²) < 4.78 is 5.69. The predicted octanol–water partition coefficient (Wildman–Crippen LogP) is 2.11. The molecule has 3 rings (SSSR count). The summed E-state index contributed by atoms with van der Waals surface area (Å²) in [6.07, 6.45) is 6.74. The first-order chi connectivity index (χ1) is 8.73. The predicted molar refractivity (Wildman–Crippen MR) is 73.8 cm³/mol. The Kier molecular flexibility index (Phi) is 3.65. The second-order valence-electron chi connectivity index (χ2n) is 6.66. The van der Waals surface area contributed by atoms with E-state index in [1.54, 1.807) is 0 Å². The molecule has 0 aromatic carbocycles. The van der Waals surface area contributed by atoms with Gasteiger partial charge in [0, 0.05) is 37.3 Å². The van der Waals surface area contributed by atoms with E-state index in [0.29, 0.717) is 5.54 Å². The van der Waals surface area contributed by atoms with Crippen LogP contribution in [-0.2, 0) is 4.74 Å². The van der Waals surface area contributed by atoms with Crippen molar-refractivity contribution in [3.63, 3.8) is 0 Å². The SMILES string of the molecule is CCC1CN2CCCCC2CN1C1(C)CCOC1. The van der Waals surface area contributed by atoms with E-state index >= 15 is 0 Å². The van der Waals surface area contributed by atoms with Crippen LogP contribution in [-0.4, -0.2) is 60.3 Å². The molecule has 0 aliphatic carbocycles. The van der Waals surface area contributed by atoms with Gasteiger partial charge in [0.25, 0.3) is 0 Å². The first-order valence-electron chi connectivity index (χ1n) is 7.81. The molecule has 0 amide bonds. The zero-order valence-electron chi connectivity index (χ0n) is 12.0. The lowest BCUT2D eigenvalue weighted by Crippen LogP contribution is -2.65. The quantitative estimate of drug-likeness (QED) is 0.748. The first-order valence-corrected chi connectivity index (χ1v) is 7.81. The standard InChI is InChI=1S/C15H28N2O/c1-3-13-10-16-8-5-4-6-14(16)11-17(13)15(2)7-9-18-12-15/h13-14H,3-12H2,1-2H3. The van der Waals surface area contributed by atoms with Gasteiger partial charge in [0.05, 0.1) is 6.61 Å². The van der Waals surface area contributed by atoms with Crippen molar-refractivity contribution in [1.29, 1.82) is 0 Å². The normalized spacial score (nSPS) is 43.0. The number of hydrogen-bond donors (Lipinski definition) is 0. The van der Waals surface area contributed by atoms with E-state index in [-0.39, 0.29) is 0 Å². The smallest absolute Gasteiger partial charge is 0.0648 e. The molecule has 3 heterocycles. The molecule has 3 heteroatoms. The second-order valence-corrected chi connectivity index (χ2v) is 6.66. The average Bonchev–Trinajstić information content (AvgIpc) is 2.85. The summed E-state index contributed by atoms with van der Waals surface area (Å²) in [7, 11) is 0. The van der Waals surface area contributed by atoms with Gasteiger partial charge in [-0.3, -0.25) is 9.80 Å². The van der Waals surface area contributed by atoms with Gasteiger partial charge in [-0.15, -0.1) is 0 Å². The van der Waals surface area contributed by atoms with Crippen LogP contribution in [0, 0.1) is 0 Å². The van der Waals surface area contributed by atoms with Gasteiger partial charge in [0.2, 0.25) is 0 Å². The fraction of sp³-hybridized carbons (Fsp3) is 1.00. The van der Waals surface area contributed by atoms with Gasteiger partial charge < -0.3 is 4.74 Å². The number of nitrogens with zero attached hydrogens (tertiary/aromatic N) is 2. The highest BCUT2D eigenvalue weighted by atomic mass is 16.5. The van der Waals surface area contributed by atoms with Crippen LogP contribution in [0.15, 0.2) is 0 Å². The van der Waals surface area contributed by atoms with Crippen molar-refractivity contribution in [2.24, 2.45) is 0 Å². The summed E-state index contributed by atoms with van der Waals surface area (Å²) in [5.74, 6) is 0. The molecule has 0 aromatic rings. The van der Waals surface area contributed by atoms with Crippen molar-refractivity contribution in [3.8, 4) is 0 Å². The number of ether oxygens (including phenoxy) is 1. The summed E-state index contributed by atoms with van der Waals surface area (Å²) in [6, 6.07) is 1.56. The Morgan fingerprint density at radius 1 is 1.28 bits per heavy atom. The molecule has 0 bridgehead atoms. The highest BCUT2D eigenvalue weighted by Crippen LogP contribution is 2.34. The van der Waals surface area contributed by atoms with Crippen molar-refractivity contribution in [2.45, 2.75) is 63.6 Å². The molecule has 0 saturated carbocycles. The van der Waals surface area contributed by atoms with Crippen molar-refractivity contribution >= 4 is 0 Å². The summed E-state index contributed by atoms with van der Waals surface area (Å²) in [5.41, 5.74) is 0.310. The number of piperazine rings is 1. The molecule has 104 valence electrons. The maximum Gasteiger partial charge on any atom is 0.0648 e. The van der Waals surface area contributed by atoms with Crippen molar-refractivity contribution < 1.29 is 4.74 Å². The van der Waals surface area contributed by atoms with Crippen molar-refractivity contribution in [3.05, 3.63) is 0 Å². The summed E-state index contributed by atoms with van der Waals surface area (Å²) in [6.45, 7) is 10.6. The Hall–Kier alpha value is -0.120. The van der Waals surface area contributed by atoms with Crippen molar-refractivity contribution in [2.75, 3.05) is 32.8 Å². The molecule has 3 aliphatic heterocycles. The molecular formula is C15H28N2O. The maximum absolute atomic E-state index is 5.69. The Morgan fingerprint density at radius 3 is 2.89 bits per heavy atom. The number of fused-ring (bicyclic) bond motifs is 1. The summed E-state index contributed by atoms with van der Waals surface area (Å²) in [5, 5.41) is 0. The highest BCUT2D eigenvalue weighted by Gasteiger charge is 2.44. The fourth-order valence-electron chi connectivity index (χ4n) is 4.15. The zero-order chi connectivity index (χ0) is 12.6. The van der Waals surface area contributed by atoms with E-state index in [0.717, 1.165) is 25.3 Å². The Bertz CT molecular complexity index is 288. The maximum atomic E-state index is 5.69. The van der Waals surface area contributed by atoms with E-state index in [2.05, 4.69) is 23.6 Å². The van der Waals surface area contributed by atoms with Gasteiger partial charge in [-0.25, -0.2) is 0 Å². The van der Waals surface area contributed by atoms with Crippen LogP contribution in [0.4, 0.5) is 0 Å². The Balaban J connectivity index is 1.75. The van der Waals surface area contributed by atoms with Gasteiger partial charge in [-0.1, -0.05) is 13.3 Å². The van der Waals surface area contributed by atoms with Gasteiger partial charge in [0.15, 0.2) is 0 Å². The molecule has 3 nitrogen and oxygen atoms in total. The van der Waals surface area contributed by atoms with Crippen LogP contribution in [0.1, 0.15) is 46.0 Å².